The van der Waals surface area contributed by atoms with Gasteiger partial charge in [-0.1, -0.05) is 12.1 Å². The highest BCUT2D eigenvalue weighted by Crippen LogP contribution is 2.45. The molecule has 0 aromatic heterocycles. The lowest BCUT2D eigenvalue weighted by Gasteiger charge is -2.41. The van der Waals surface area contributed by atoms with Gasteiger partial charge in [0.25, 0.3) is 0 Å². The van der Waals surface area contributed by atoms with Crippen molar-refractivity contribution in [3.63, 3.8) is 0 Å². The molecule has 0 bridgehead atoms. The van der Waals surface area contributed by atoms with Gasteiger partial charge in [-0.15, -0.1) is 0 Å². The molecule has 166 valence electrons. The normalized spacial score (nSPS) is 30.0. The van der Waals surface area contributed by atoms with Gasteiger partial charge in [0, 0.05) is 11.1 Å². The predicted octanol–water partition coefficient (Wildman–Crippen LogP) is -0.960. The number of aliphatic hydroxyl groups is 5. The third-order valence-corrected chi connectivity index (χ3v) is 5.60. The molecule has 0 spiro atoms. The number of fused-ring (bicyclic) bond motifs is 2. The third-order valence-electron chi connectivity index (χ3n) is 5.60. The number of ketones is 1. The van der Waals surface area contributed by atoms with Gasteiger partial charge < -0.3 is 45.2 Å². The molecule has 2 aromatic carbocycles. The minimum absolute atomic E-state index is 0.114. The SMILES string of the molecule is O=C1c2c(O)cccc2[C@@H](O[C@H]2O[C@@H](CO)[C@H](O)[C@@H](O)[C@@H]2O)c2cc(CO)cc(O)c21. The Bertz CT molecular complexity index is 1000. The Kier molecular flexibility index (Phi) is 5.71. The molecule has 10 heteroatoms. The smallest absolute Gasteiger partial charge is 0.201 e. The first kappa shape index (κ1) is 21.7. The van der Waals surface area contributed by atoms with Crippen molar-refractivity contribution in [2.45, 2.75) is 43.4 Å². The number of carbonyl (C=O) groups is 1. The number of aromatic hydroxyl groups is 2. The highest BCUT2D eigenvalue weighted by molar-refractivity contribution is 6.15. The fourth-order valence-corrected chi connectivity index (χ4v) is 4.03. The molecule has 1 aliphatic heterocycles. The number of carbonyl (C=O) groups excluding carboxylic acids is 1. The Morgan fingerprint density at radius 1 is 0.903 bits per heavy atom. The Hall–Kier alpha value is -2.57. The lowest BCUT2D eigenvalue weighted by molar-refractivity contribution is -0.309. The summed E-state index contributed by atoms with van der Waals surface area (Å²) >= 11 is 0. The molecule has 1 aliphatic carbocycles. The number of hydrogen-bond donors (Lipinski definition) is 7. The van der Waals surface area contributed by atoms with E-state index in [1.165, 1.54) is 30.3 Å². The summed E-state index contributed by atoms with van der Waals surface area (Å²) in [6.45, 7) is -1.09. The molecule has 0 amide bonds. The van der Waals surface area contributed by atoms with E-state index in [0.717, 1.165) is 0 Å². The Morgan fingerprint density at radius 3 is 2.29 bits per heavy atom. The van der Waals surface area contributed by atoms with Crippen LogP contribution in [0.5, 0.6) is 11.5 Å². The Morgan fingerprint density at radius 2 is 1.61 bits per heavy atom. The summed E-state index contributed by atoms with van der Waals surface area (Å²) < 4.78 is 11.3. The van der Waals surface area contributed by atoms with Gasteiger partial charge in [0.05, 0.1) is 24.3 Å². The summed E-state index contributed by atoms with van der Waals surface area (Å²) in [7, 11) is 0. The number of aliphatic hydroxyl groups excluding tert-OH is 5. The van der Waals surface area contributed by atoms with Crippen molar-refractivity contribution < 1.29 is 50.0 Å². The van der Waals surface area contributed by atoms with Gasteiger partial charge in [0.2, 0.25) is 5.78 Å². The average molecular weight is 434 g/mol. The average Bonchev–Trinajstić information content (AvgIpc) is 2.75. The zero-order chi connectivity index (χ0) is 22.4. The van der Waals surface area contributed by atoms with Crippen LogP contribution in [-0.2, 0) is 16.1 Å². The van der Waals surface area contributed by atoms with E-state index in [0.29, 0.717) is 0 Å². The molecule has 6 atom stereocenters. The van der Waals surface area contributed by atoms with E-state index in [4.69, 9.17) is 9.47 Å². The van der Waals surface area contributed by atoms with Crippen LogP contribution in [-0.4, -0.2) is 78.8 Å². The van der Waals surface area contributed by atoms with E-state index >= 15 is 0 Å². The molecule has 0 saturated carbocycles. The number of rotatable bonds is 4. The van der Waals surface area contributed by atoms with E-state index in [2.05, 4.69) is 0 Å². The van der Waals surface area contributed by atoms with Gasteiger partial charge >= 0.3 is 0 Å². The summed E-state index contributed by atoms with van der Waals surface area (Å²) in [6, 6.07) is 6.94. The van der Waals surface area contributed by atoms with Crippen molar-refractivity contribution in [3.8, 4) is 11.5 Å². The molecular formula is C21H22O10. The molecule has 0 unspecified atom stereocenters. The van der Waals surface area contributed by atoms with E-state index in [-0.39, 0.29) is 33.6 Å². The van der Waals surface area contributed by atoms with Crippen LogP contribution in [0, 0.1) is 0 Å². The second-order valence-corrected chi connectivity index (χ2v) is 7.52. The number of phenolic OH excluding ortho intramolecular Hbond substituents is 2. The Balaban J connectivity index is 1.83. The van der Waals surface area contributed by atoms with Gasteiger partial charge in [0.15, 0.2) is 6.29 Å². The first-order chi connectivity index (χ1) is 14.8. The summed E-state index contributed by atoms with van der Waals surface area (Å²) in [5.41, 5.74) is 0.389. The second-order valence-electron chi connectivity index (χ2n) is 7.52. The summed E-state index contributed by atoms with van der Waals surface area (Å²) in [5, 5.41) is 70.1. The van der Waals surface area contributed by atoms with Crippen molar-refractivity contribution in [2.75, 3.05) is 6.61 Å². The van der Waals surface area contributed by atoms with Crippen molar-refractivity contribution in [3.05, 3.63) is 58.1 Å². The highest BCUT2D eigenvalue weighted by Gasteiger charge is 2.46. The second kappa shape index (κ2) is 8.17. The van der Waals surface area contributed by atoms with Gasteiger partial charge in [-0.2, -0.15) is 0 Å². The van der Waals surface area contributed by atoms with Crippen LogP contribution in [0.2, 0.25) is 0 Å². The van der Waals surface area contributed by atoms with Crippen LogP contribution < -0.4 is 0 Å². The molecule has 2 aromatic rings. The predicted molar refractivity (Wildman–Crippen MR) is 102 cm³/mol. The molecular weight excluding hydrogens is 412 g/mol. The van der Waals surface area contributed by atoms with E-state index in [1.807, 2.05) is 0 Å². The first-order valence-corrected chi connectivity index (χ1v) is 9.57. The minimum atomic E-state index is -1.70. The molecule has 31 heavy (non-hydrogen) atoms. The lowest BCUT2D eigenvalue weighted by Crippen LogP contribution is -2.59. The van der Waals surface area contributed by atoms with E-state index in [1.54, 1.807) is 0 Å². The summed E-state index contributed by atoms with van der Waals surface area (Å²) in [6.07, 6.45) is -8.86. The largest absolute Gasteiger partial charge is 0.507 e. The lowest BCUT2D eigenvalue weighted by atomic mass is 9.81. The molecule has 2 aliphatic rings. The fraction of sp³-hybridized carbons (Fsp3) is 0.381. The topological polar surface area (TPSA) is 177 Å². The number of ether oxygens (including phenoxy) is 2. The minimum Gasteiger partial charge on any atom is -0.507 e. The van der Waals surface area contributed by atoms with Gasteiger partial charge in [-0.05, 0) is 23.8 Å². The van der Waals surface area contributed by atoms with Crippen LogP contribution >= 0.6 is 0 Å². The monoisotopic (exact) mass is 434 g/mol. The number of phenols is 2. The van der Waals surface area contributed by atoms with E-state index in [9.17, 15) is 40.5 Å². The van der Waals surface area contributed by atoms with Crippen molar-refractivity contribution in [1.82, 2.24) is 0 Å². The first-order valence-electron chi connectivity index (χ1n) is 9.57. The maximum atomic E-state index is 13.0. The number of benzene rings is 2. The molecule has 7 N–H and O–H groups in total. The van der Waals surface area contributed by atoms with Crippen LogP contribution in [0.25, 0.3) is 0 Å². The zero-order valence-electron chi connectivity index (χ0n) is 16.1. The molecule has 1 fully saturated rings. The molecule has 0 radical (unpaired) electrons. The molecule has 1 saturated heterocycles. The number of hydrogen-bond acceptors (Lipinski definition) is 10. The molecule has 4 rings (SSSR count). The van der Waals surface area contributed by atoms with Crippen LogP contribution in [0.3, 0.4) is 0 Å². The maximum absolute atomic E-state index is 13.0. The van der Waals surface area contributed by atoms with Gasteiger partial charge in [-0.25, -0.2) is 0 Å². The zero-order valence-corrected chi connectivity index (χ0v) is 16.1. The maximum Gasteiger partial charge on any atom is 0.201 e. The highest BCUT2D eigenvalue weighted by atomic mass is 16.7. The van der Waals surface area contributed by atoms with E-state index < -0.39 is 61.6 Å². The van der Waals surface area contributed by atoms with Crippen molar-refractivity contribution in [1.29, 1.82) is 0 Å². The van der Waals surface area contributed by atoms with Crippen LogP contribution in [0.1, 0.15) is 38.7 Å². The van der Waals surface area contributed by atoms with Gasteiger partial charge in [-0.3, -0.25) is 4.79 Å². The molecule has 1 heterocycles. The van der Waals surface area contributed by atoms with Crippen LogP contribution in [0.15, 0.2) is 30.3 Å². The summed E-state index contributed by atoms with van der Waals surface area (Å²) in [5.74, 6) is -1.43. The van der Waals surface area contributed by atoms with Crippen molar-refractivity contribution >= 4 is 5.78 Å². The van der Waals surface area contributed by atoms with Gasteiger partial charge in [0.1, 0.15) is 42.0 Å². The molecule has 10 nitrogen and oxygen atoms in total. The standard InChI is InChI=1S/C21H22O10/c22-6-8-4-10-15(12(25)5-8)17(27)14-9(2-1-3-11(14)24)20(10)31-21-19(29)18(28)16(26)13(7-23)30-21/h1-5,13,16,18-26,28-29H,6-7H2/t13-,16-,18+,19-,20+,21+/m0/s1. The quantitative estimate of drug-likeness (QED) is 0.317. The van der Waals surface area contributed by atoms with Crippen LogP contribution in [0.4, 0.5) is 0 Å². The van der Waals surface area contributed by atoms with Crippen molar-refractivity contribution in [2.24, 2.45) is 0 Å². The summed E-state index contributed by atoms with van der Waals surface area (Å²) in [4.78, 5) is 13.0. The third kappa shape index (κ3) is 3.48. The fourth-order valence-electron chi connectivity index (χ4n) is 4.03. The Labute approximate surface area is 176 Å².